The van der Waals surface area contributed by atoms with Crippen molar-refractivity contribution < 1.29 is 0 Å². The van der Waals surface area contributed by atoms with Crippen molar-refractivity contribution in [3.8, 4) is 0 Å². The van der Waals surface area contributed by atoms with Gasteiger partial charge in [0.15, 0.2) is 0 Å². The topological polar surface area (TPSA) is 0 Å². The van der Waals surface area contributed by atoms with Gasteiger partial charge in [-0.25, -0.2) is 0 Å². The molecule has 48 valence electrons. The summed E-state index contributed by atoms with van der Waals surface area (Å²) in [6.45, 7) is 2.16. The molecule has 0 aromatic carbocycles. The van der Waals surface area contributed by atoms with Gasteiger partial charge in [-0.3, -0.25) is 0 Å². The van der Waals surface area contributed by atoms with Crippen molar-refractivity contribution in [2.75, 3.05) is 0 Å². The van der Waals surface area contributed by atoms with Gasteiger partial charge in [0.05, 0.1) is 0 Å². The third-order valence-corrected chi connectivity index (χ3v) is 2.52. The van der Waals surface area contributed by atoms with Crippen LogP contribution in [0, 0.1) is 11.8 Å². The van der Waals surface area contributed by atoms with E-state index in [0.29, 0.717) is 0 Å². The third-order valence-electron chi connectivity index (χ3n) is 2.52. The van der Waals surface area contributed by atoms with Gasteiger partial charge >= 0.3 is 0 Å². The zero-order valence-electron chi connectivity index (χ0n) is 5.80. The number of hydrogen-bond donors (Lipinski definition) is 0. The zero-order valence-corrected chi connectivity index (χ0v) is 5.80. The molecule has 0 radical (unpaired) electrons. The predicted molar refractivity (Wildman–Crippen MR) is 39.1 cm³/mol. The van der Waals surface area contributed by atoms with Crippen molar-refractivity contribution in [2.45, 2.75) is 19.8 Å². The van der Waals surface area contributed by atoms with Gasteiger partial charge in [0.2, 0.25) is 0 Å². The van der Waals surface area contributed by atoms with E-state index in [1.807, 2.05) is 0 Å². The molecule has 0 spiro atoms. The number of hydrogen-bond acceptors (Lipinski definition) is 0. The van der Waals surface area contributed by atoms with E-state index in [0.717, 1.165) is 11.8 Å². The number of rotatable bonds is 0. The van der Waals surface area contributed by atoms with Gasteiger partial charge in [-0.15, -0.1) is 0 Å². The first-order valence-corrected chi connectivity index (χ1v) is 3.73. The molecule has 2 rings (SSSR count). The molecule has 0 aromatic heterocycles. The summed E-state index contributed by atoms with van der Waals surface area (Å²) in [6, 6.07) is 0. The van der Waals surface area contributed by atoms with Crippen LogP contribution in [-0.4, -0.2) is 0 Å². The summed E-state index contributed by atoms with van der Waals surface area (Å²) in [5, 5.41) is 0. The molecule has 0 nitrogen and oxygen atoms in total. The molecule has 0 heterocycles. The molecule has 0 heteroatoms. The van der Waals surface area contributed by atoms with Crippen LogP contribution in [0.5, 0.6) is 0 Å². The summed E-state index contributed by atoms with van der Waals surface area (Å²) in [5.74, 6) is 1.74. The van der Waals surface area contributed by atoms with Crippen molar-refractivity contribution in [1.82, 2.24) is 0 Å². The van der Waals surface area contributed by atoms with E-state index in [9.17, 15) is 0 Å². The van der Waals surface area contributed by atoms with E-state index in [2.05, 4.69) is 25.2 Å². The molecule has 2 aliphatic carbocycles. The average Bonchev–Trinajstić information content (AvgIpc) is 2.45. The molecular weight excluding hydrogens is 108 g/mol. The van der Waals surface area contributed by atoms with Crippen LogP contribution in [0.2, 0.25) is 0 Å². The molecule has 0 saturated heterocycles. The first kappa shape index (κ1) is 5.28. The Labute approximate surface area is 56.3 Å². The Morgan fingerprint density at radius 3 is 2.78 bits per heavy atom. The number of allylic oxidation sites excluding steroid dienone is 4. The normalized spacial score (nSPS) is 43.0. The highest BCUT2D eigenvalue weighted by molar-refractivity contribution is 5.26. The molecule has 0 aromatic rings. The highest BCUT2D eigenvalue weighted by Gasteiger charge is 2.29. The summed E-state index contributed by atoms with van der Waals surface area (Å²) in [4.78, 5) is 0. The van der Waals surface area contributed by atoms with Crippen LogP contribution >= 0.6 is 0 Å². The van der Waals surface area contributed by atoms with Crippen LogP contribution < -0.4 is 0 Å². The van der Waals surface area contributed by atoms with Crippen LogP contribution in [0.15, 0.2) is 23.8 Å². The van der Waals surface area contributed by atoms with Gasteiger partial charge in [-0.2, -0.15) is 0 Å². The molecule has 2 atom stereocenters. The second-order valence-corrected chi connectivity index (χ2v) is 3.05. The first-order chi connectivity index (χ1) is 4.40. The molecule has 2 unspecified atom stereocenters. The summed E-state index contributed by atoms with van der Waals surface area (Å²) in [5.41, 5.74) is 1.67. The van der Waals surface area contributed by atoms with E-state index < -0.39 is 0 Å². The smallest absolute Gasteiger partial charge is 0.00174 e. The van der Waals surface area contributed by atoms with Crippen LogP contribution in [-0.2, 0) is 0 Å². The van der Waals surface area contributed by atoms with Gasteiger partial charge in [0, 0.05) is 0 Å². The van der Waals surface area contributed by atoms with Crippen molar-refractivity contribution in [2.24, 2.45) is 11.8 Å². The molecule has 0 aliphatic heterocycles. The lowest BCUT2D eigenvalue weighted by atomic mass is 10.0. The van der Waals surface area contributed by atoms with Gasteiger partial charge in [0.25, 0.3) is 0 Å². The molecule has 0 N–H and O–H groups in total. The Morgan fingerprint density at radius 1 is 1.56 bits per heavy atom. The molecule has 9 heavy (non-hydrogen) atoms. The van der Waals surface area contributed by atoms with Crippen molar-refractivity contribution >= 4 is 0 Å². The van der Waals surface area contributed by atoms with Crippen LogP contribution in [0.3, 0.4) is 0 Å². The summed E-state index contributed by atoms with van der Waals surface area (Å²) < 4.78 is 0. The Kier molecular flexibility index (Phi) is 1.01. The average molecular weight is 120 g/mol. The zero-order chi connectivity index (χ0) is 6.27. The lowest BCUT2D eigenvalue weighted by Gasteiger charge is -2.05. The minimum atomic E-state index is 0.833. The molecular formula is C9H12. The molecule has 1 saturated carbocycles. The Hall–Kier alpha value is -0.520. The summed E-state index contributed by atoms with van der Waals surface area (Å²) in [6.07, 6.45) is 9.77. The minimum Gasteiger partial charge on any atom is -0.0878 e. The molecule has 2 aliphatic rings. The maximum Gasteiger partial charge on any atom is -0.00174 e. The van der Waals surface area contributed by atoms with E-state index in [1.165, 1.54) is 12.8 Å². The van der Waals surface area contributed by atoms with Gasteiger partial charge in [-0.1, -0.05) is 23.8 Å². The molecule has 0 amide bonds. The SMILES string of the molecule is C/C=C1/CC2C=CC1C2. The third kappa shape index (κ3) is 0.658. The van der Waals surface area contributed by atoms with Crippen molar-refractivity contribution in [1.29, 1.82) is 0 Å². The van der Waals surface area contributed by atoms with E-state index in [-0.39, 0.29) is 0 Å². The molecule has 1 fully saturated rings. The second-order valence-electron chi connectivity index (χ2n) is 3.05. The highest BCUT2D eigenvalue weighted by Crippen LogP contribution is 2.42. The van der Waals surface area contributed by atoms with Crippen molar-refractivity contribution in [3.63, 3.8) is 0 Å². The second kappa shape index (κ2) is 1.73. The Morgan fingerprint density at radius 2 is 2.44 bits per heavy atom. The standard InChI is InChI=1S/C9H12/c1-2-8-5-7-3-4-9(8)6-7/h2-4,7,9H,5-6H2,1H3/b8-2-. The van der Waals surface area contributed by atoms with Crippen molar-refractivity contribution in [3.05, 3.63) is 23.8 Å². The predicted octanol–water partition coefficient (Wildman–Crippen LogP) is 2.53. The lowest BCUT2D eigenvalue weighted by Crippen LogP contribution is -1.90. The van der Waals surface area contributed by atoms with Gasteiger partial charge in [-0.05, 0) is 31.6 Å². The van der Waals surface area contributed by atoms with E-state index in [4.69, 9.17) is 0 Å². The fraction of sp³-hybridized carbons (Fsp3) is 0.556. The maximum atomic E-state index is 2.37. The number of fused-ring (bicyclic) bond motifs is 2. The largest absolute Gasteiger partial charge is 0.0878 e. The minimum absolute atomic E-state index is 0.833. The van der Waals surface area contributed by atoms with Gasteiger partial charge in [0.1, 0.15) is 0 Å². The summed E-state index contributed by atoms with van der Waals surface area (Å²) >= 11 is 0. The lowest BCUT2D eigenvalue weighted by molar-refractivity contribution is 0.693. The summed E-state index contributed by atoms with van der Waals surface area (Å²) in [7, 11) is 0. The fourth-order valence-electron chi connectivity index (χ4n) is 1.99. The van der Waals surface area contributed by atoms with E-state index >= 15 is 0 Å². The quantitative estimate of drug-likeness (QED) is 0.431. The van der Waals surface area contributed by atoms with Crippen LogP contribution in [0.1, 0.15) is 19.8 Å². The fourth-order valence-corrected chi connectivity index (χ4v) is 1.99. The van der Waals surface area contributed by atoms with Crippen LogP contribution in [0.4, 0.5) is 0 Å². The van der Waals surface area contributed by atoms with Gasteiger partial charge < -0.3 is 0 Å². The monoisotopic (exact) mass is 120 g/mol. The molecule has 2 bridgehead atoms. The van der Waals surface area contributed by atoms with E-state index in [1.54, 1.807) is 5.57 Å². The highest BCUT2D eigenvalue weighted by atomic mass is 14.3. The Balaban J connectivity index is 2.29. The van der Waals surface area contributed by atoms with Crippen LogP contribution in [0.25, 0.3) is 0 Å². The maximum absolute atomic E-state index is 2.37. The first-order valence-electron chi connectivity index (χ1n) is 3.73. The Bertz CT molecular complexity index is 174.